The van der Waals surface area contributed by atoms with Crippen molar-refractivity contribution >= 4 is 0 Å². The molecule has 0 fully saturated rings. The van der Waals surface area contributed by atoms with E-state index in [-0.39, 0.29) is 6.61 Å². The van der Waals surface area contributed by atoms with Crippen LogP contribution in [0.1, 0.15) is 11.1 Å². The van der Waals surface area contributed by atoms with Gasteiger partial charge in [-0.3, -0.25) is 0 Å². The van der Waals surface area contributed by atoms with E-state index in [1.807, 2.05) is 0 Å². The van der Waals surface area contributed by atoms with Gasteiger partial charge < -0.3 is 20.3 Å². The first-order chi connectivity index (χ1) is 6.76. The highest BCUT2D eigenvalue weighted by molar-refractivity contribution is 5.47. The smallest absolute Gasteiger partial charge is 0.161 e. The molecule has 0 atom stereocenters. The second kappa shape index (κ2) is 4.83. The lowest BCUT2D eigenvalue weighted by atomic mass is 10.1. The zero-order chi connectivity index (χ0) is 10.6. The fourth-order valence-electron chi connectivity index (χ4n) is 1.30. The van der Waals surface area contributed by atoms with Crippen molar-refractivity contribution in [3.8, 4) is 11.5 Å². The van der Waals surface area contributed by atoms with Crippen molar-refractivity contribution in [1.29, 1.82) is 0 Å². The van der Waals surface area contributed by atoms with Gasteiger partial charge in [0, 0.05) is 6.54 Å². The molecule has 0 saturated carbocycles. The van der Waals surface area contributed by atoms with E-state index in [1.54, 1.807) is 26.4 Å². The second-order valence-corrected chi connectivity index (χ2v) is 2.84. The fraction of sp³-hybridized carbons (Fsp3) is 0.400. The maximum Gasteiger partial charge on any atom is 0.161 e. The maximum absolute atomic E-state index is 9.08. The van der Waals surface area contributed by atoms with Crippen LogP contribution >= 0.6 is 0 Å². The van der Waals surface area contributed by atoms with Crippen LogP contribution in [0.2, 0.25) is 0 Å². The Kier molecular flexibility index (Phi) is 3.73. The molecule has 0 aliphatic rings. The van der Waals surface area contributed by atoms with Gasteiger partial charge in [0.15, 0.2) is 11.5 Å². The summed E-state index contributed by atoms with van der Waals surface area (Å²) in [6.45, 7) is 0.323. The van der Waals surface area contributed by atoms with Crippen LogP contribution in [0, 0.1) is 0 Å². The minimum atomic E-state index is -0.0487. The zero-order valence-corrected chi connectivity index (χ0v) is 8.41. The van der Waals surface area contributed by atoms with Crippen LogP contribution < -0.4 is 15.2 Å². The lowest BCUT2D eigenvalue weighted by molar-refractivity contribution is 0.279. The second-order valence-electron chi connectivity index (χ2n) is 2.84. The van der Waals surface area contributed by atoms with E-state index in [2.05, 4.69) is 0 Å². The summed E-state index contributed by atoms with van der Waals surface area (Å²) in [4.78, 5) is 0. The van der Waals surface area contributed by atoms with Crippen LogP contribution in [0.4, 0.5) is 0 Å². The molecule has 0 unspecified atom stereocenters. The lowest BCUT2D eigenvalue weighted by Gasteiger charge is -2.12. The van der Waals surface area contributed by atoms with Crippen molar-refractivity contribution in [3.05, 3.63) is 23.3 Å². The van der Waals surface area contributed by atoms with E-state index in [0.29, 0.717) is 18.0 Å². The summed E-state index contributed by atoms with van der Waals surface area (Å²) in [6, 6.07) is 3.52. The third-order valence-electron chi connectivity index (χ3n) is 2.10. The van der Waals surface area contributed by atoms with Crippen LogP contribution in [-0.4, -0.2) is 19.3 Å². The Labute approximate surface area is 83.3 Å². The summed E-state index contributed by atoms with van der Waals surface area (Å²) in [6.07, 6.45) is 0. The molecule has 14 heavy (non-hydrogen) atoms. The Morgan fingerprint density at radius 2 is 1.64 bits per heavy atom. The van der Waals surface area contributed by atoms with Crippen LogP contribution in [0.15, 0.2) is 12.1 Å². The predicted octanol–water partition coefficient (Wildman–Crippen LogP) is 0.655. The van der Waals surface area contributed by atoms with Crippen molar-refractivity contribution in [2.75, 3.05) is 14.2 Å². The molecular weight excluding hydrogens is 182 g/mol. The number of methoxy groups -OCH3 is 2. The van der Waals surface area contributed by atoms with Crippen molar-refractivity contribution in [2.45, 2.75) is 13.2 Å². The number of nitrogens with two attached hydrogens (primary N) is 1. The molecule has 0 aromatic heterocycles. The van der Waals surface area contributed by atoms with E-state index in [0.717, 1.165) is 11.1 Å². The predicted molar refractivity (Wildman–Crippen MR) is 53.4 cm³/mol. The number of aliphatic hydroxyl groups is 1. The number of aliphatic hydroxyl groups excluding tert-OH is 1. The molecule has 1 rings (SSSR count). The summed E-state index contributed by atoms with van der Waals surface area (Å²) in [5.41, 5.74) is 7.17. The number of hydrogen-bond acceptors (Lipinski definition) is 4. The number of hydrogen-bond donors (Lipinski definition) is 2. The zero-order valence-electron chi connectivity index (χ0n) is 8.41. The van der Waals surface area contributed by atoms with Gasteiger partial charge in [-0.25, -0.2) is 0 Å². The summed E-state index contributed by atoms with van der Waals surface area (Å²) < 4.78 is 10.2. The Morgan fingerprint density at radius 3 is 2.00 bits per heavy atom. The van der Waals surface area contributed by atoms with E-state index < -0.39 is 0 Å². The molecule has 1 aromatic rings. The van der Waals surface area contributed by atoms with Crippen molar-refractivity contribution in [2.24, 2.45) is 5.73 Å². The Hall–Kier alpha value is -1.26. The van der Waals surface area contributed by atoms with Crippen LogP contribution in [0.5, 0.6) is 11.5 Å². The van der Waals surface area contributed by atoms with Gasteiger partial charge in [-0.1, -0.05) is 0 Å². The Balaban J connectivity index is 3.20. The van der Waals surface area contributed by atoms with E-state index >= 15 is 0 Å². The van der Waals surface area contributed by atoms with E-state index in [9.17, 15) is 0 Å². The third-order valence-corrected chi connectivity index (χ3v) is 2.10. The van der Waals surface area contributed by atoms with Crippen molar-refractivity contribution in [3.63, 3.8) is 0 Å². The number of rotatable bonds is 4. The highest BCUT2D eigenvalue weighted by Gasteiger charge is 2.08. The number of benzene rings is 1. The van der Waals surface area contributed by atoms with E-state index in [4.69, 9.17) is 20.3 Å². The standard InChI is InChI=1S/C10H15NO3/c1-13-9-3-7(5-11)8(6-12)4-10(9)14-2/h3-4,12H,5-6,11H2,1-2H3. The van der Waals surface area contributed by atoms with Gasteiger partial charge in [-0.2, -0.15) is 0 Å². The molecular formula is C10H15NO3. The maximum atomic E-state index is 9.08. The van der Waals surface area contributed by atoms with Crippen molar-refractivity contribution < 1.29 is 14.6 Å². The lowest BCUT2D eigenvalue weighted by Crippen LogP contribution is -2.03. The molecule has 0 radical (unpaired) electrons. The minimum absolute atomic E-state index is 0.0487. The van der Waals surface area contributed by atoms with Crippen LogP contribution in [-0.2, 0) is 13.2 Å². The average Bonchev–Trinajstić information content (AvgIpc) is 2.26. The third kappa shape index (κ3) is 1.97. The first-order valence-corrected chi connectivity index (χ1v) is 4.31. The highest BCUT2D eigenvalue weighted by Crippen LogP contribution is 2.30. The highest BCUT2D eigenvalue weighted by atomic mass is 16.5. The van der Waals surface area contributed by atoms with E-state index in [1.165, 1.54) is 0 Å². The summed E-state index contributed by atoms with van der Waals surface area (Å²) in [7, 11) is 3.12. The van der Waals surface area contributed by atoms with Gasteiger partial charge >= 0.3 is 0 Å². The molecule has 4 heteroatoms. The molecule has 0 heterocycles. The number of ether oxygens (including phenoxy) is 2. The SMILES string of the molecule is COc1cc(CN)c(CO)cc1OC. The summed E-state index contributed by atoms with van der Waals surface area (Å²) in [5.74, 6) is 1.24. The summed E-state index contributed by atoms with van der Waals surface area (Å²) >= 11 is 0. The van der Waals surface area contributed by atoms with Crippen LogP contribution in [0.25, 0.3) is 0 Å². The monoisotopic (exact) mass is 197 g/mol. The first kappa shape index (κ1) is 10.8. The largest absolute Gasteiger partial charge is 0.493 e. The normalized spacial score (nSPS) is 10.0. The summed E-state index contributed by atoms with van der Waals surface area (Å²) in [5, 5.41) is 9.08. The molecule has 0 spiro atoms. The fourth-order valence-corrected chi connectivity index (χ4v) is 1.30. The molecule has 0 aliphatic heterocycles. The van der Waals surface area contributed by atoms with Gasteiger partial charge in [-0.05, 0) is 23.3 Å². The van der Waals surface area contributed by atoms with Gasteiger partial charge in [0.25, 0.3) is 0 Å². The quantitative estimate of drug-likeness (QED) is 0.744. The molecule has 78 valence electrons. The average molecular weight is 197 g/mol. The topological polar surface area (TPSA) is 64.7 Å². The molecule has 1 aromatic carbocycles. The minimum Gasteiger partial charge on any atom is -0.493 e. The first-order valence-electron chi connectivity index (χ1n) is 4.31. The van der Waals surface area contributed by atoms with Gasteiger partial charge in [0.05, 0.1) is 20.8 Å². The van der Waals surface area contributed by atoms with Gasteiger partial charge in [0.1, 0.15) is 0 Å². The Morgan fingerprint density at radius 1 is 1.14 bits per heavy atom. The molecule has 0 bridgehead atoms. The van der Waals surface area contributed by atoms with Crippen molar-refractivity contribution in [1.82, 2.24) is 0 Å². The Bertz CT molecular complexity index is 254. The molecule has 0 amide bonds. The van der Waals surface area contributed by atoms with Gasteiger partial charge in [0.2, 0.25) is 0 Å². The molecule has 0 saturated heterocycles. The molecule has 0 aliphatic carbocycles. The molecule has 3 N–H and O–H groups in total. The molecule has 4 nitrogen and oxygen atoms in total. The van der Waals surface area contributed by atoms with Crippen LogP contribution in [0.3, 0.4) is 0 Å². The van der Waals surface area contributed by atoms with Gasteiger partial charge in [-0.15, -0.1) is 0 Å².